The van der Waals surface area contributed by atoms with Gasteiger partial charge in [-0.1, -0.05) is 0 Å². The highest BCUT2D eigenvalue weighted by molar-refractivity contribution is 5.93. The van der Waals surface area contributed by atoms with E-state index in [1.54, 1.807) is 6.20 Å². The monoisotopic (exact) mass is 207 g/mol. The van der Waals surface area contributed by atoms with E-state index in [1.165, 1.54) is 0 Å². The topological polar surface area (TPSA) is 75.3 Å². The van der Waals surface area contributed by atoms with E-state index >= 15 is 0 Å². The minimum atomic E-state index is 0.181. The number of anilines is 1. The van der Waals surface area contributed by atoms with Crippen LogP contribution in [0.2, 0.25) is 0 Å². The Morgan fingerprint density at radius 1 is 1.53 bits per heavy atom. The third-order valence-electron chi connectivity index (χ3n) is 1.78. The predicted octanol–water partition coefficient (Wildman–Crippen LogP) is 1.03. The zero-order valence-electron chi connectivity index (χ0n) is 9.28. The number of nitrogens with one attached hydrogen (secondary N) is 2. The molecule has 0 atom stereocenters. The van der Waals surface area contributed by atoms with Crippen molar-refractivity contribution in [2.45, 2.75) is 26.8 Å². The van der Waals surface area contributed by atoms with Crippen molar-refractivity contribution in [1.82, 2.24) is 10.4 Å². The Morgan fingerprint density at radius 2 is 2.27 bits per heavy atom. The van der Waals surface area contributed by atoms with Crippen molar-refractivity contribution < 1.29 is 0 Å². The van der Waals surface area contributed by atoms with Gasteiger partial charge >= 0.3 is 0 Å². The molecule has 0 aromatic carbocycles. The summed E-state index contributed by atoms with van der Waals surface area (Å²) in [6, 6.07) is 3.97. The first-order chi connectivity index (χ1) is 7.13. The van der Waals surface area contributed by atoms with E-state index in [0.717, 1.165) is 11.4 Å². The molecule has 1 aromatic rings. The standard InChI is InChI=1S/C10H17N5/c1-7(2)13-10(15-11)14-9-5-4-6-12-8(9)3/h4-7H,11H2,1-3H3,(H2,13,14,15). The molecule has 5 heteroatoms. The molecule has 0 aliphatic heterocycles. The van der Waals surface area contributed by atoms with Crippen molar-refractivity contribution >= 4 is 11.6 Å². The molecule has 0 saturated carbocycles. The minimum absolute atomic E-state index is 0.181. The van der Waals surface area contributed by atoms with Crippen molar-refractivity contribution in [3.05, 3.63) is 24.0 Å². The van der Waals surface area contributed by atoms with Crippen LogP contribution in [0, 0.1) is 6.92 Å². The van der Waals surface area contributed by atoms with Crippen molar-refractivity contribution in [2.75, 3.05) is 5.32 Å². The lowest BCUT2D eigenvalue weighted by Crippen LogP contribution is -2.37. The number of nitrogens with two attached hydrogens (primary N) is 1. The van der Waals surface area contributed by atoms with Gasteiger partial charge in [0.15, 0.2) is 0 Å². The predicted molar refractivity (Wildman–Crippen MR) is 62.5 cm³/mol. The van der Waals surface area contributed by atoms with Gasteiger partial charge in [-0.25, -0.2) is 10.8 Å². The molecule has 1 aromatic heterocycles. The van der Waals surface area contributed by atoms with Gasteiger partial charge in [0.05, 0.1) is 11.4 Å². The number of aryl methyl sites for hydroxylation is 1. The first-order valence-corrected chi connectivity index (χ1v) is 4.86. The minimum Gasteiger partial charge on any atom is -0.324 e. The van der Waals surface area contributed by atoms with Crippen LogP contribution >= 0.6 is 0 Å². The molecule has 15 heavy (non-hydrogen) atoms. The van der Waals surface area contributed by atoms with Crippen LogP contribution in [0.15, 0.2) is 23.3 Å². The van der Waals surface area contributed by atoms with Gasteiger partial charge in [0.2, 0.25) is 5.96 Å². The number of rotatable bonds is 2. The Morgan fingerprint density at radius 3 is 2.80 bits per heavy atom. The molecule has 5 nitrogen and oxygen atoms in total. The molecule has 1 rings (SSSR count). The van der Waals surface area contributed by atoms with Crippen LogP contribution < -0.4 is 16.6 Å². The van der Waals surface area contributed by atoms with Gasteiger partial charge < -0.3 is 5.32 Å². The molecule has 1 heterocycles. The third-order valence-corrected chi connectivity index (χ3v) is 1.78. The third kappa shape index (κ3) is 3.55. The van der Waals surface area contributed by atoms with Crippen LogP contribution in [0.4, 0.5) is 5.69 Å². The van der Waals surface area contributed by atoms with Gasteiger partial charge in [-0.05, 0) is 32.9 Å². The van der Waals surface area contributed by atoms with E-state index in [9.17, 15) is 0 Å². The number of guanidine groups is 1. The smallest absolute Gasteiger partial charge is 0.210 e. The summed E-state index contributed by atoms with van der Waals surface area (Å²) in [6.45, 7) is 5.89. The molecule has 82 valence electrons. The Kier molecular flexibility index (Phi) is 4.05. The summed E-state index contributed by atoms with van der Waals surface area (Å²) in [4.78, 5) is 8.43. The van der Waals surface area contributed by atoms with Crippen molar-refractivity contribution in [1.29, 1.82) is 0 Å². The second kappa shape index (κ2) is 5.31. The molecule has 0 spiro atoms. The highest BCUT2D eigenvalue weighted by Crippen LogP contribution is 2.09. The quantitative estimate of drug-likeness (QED) is 0.293. The lowest BCUT2D eigenvalue weighted by Gasteiger charge is -2.11. The van der Waals surface area contributed by atoms with E-state index in [0.29, 0.717) is 5.96 Å². The average Bonchev–Trinajstić information content (AvgIpc) is 2.19. The molecule has 0 aliphatic carbocycles. The number of pyridine rings is 1. The number of hydrogen-bond donors (Lipinski definition) is 3. The van der Waals surface area contributed by atoms with Crippen LogP contribution in [-0.4, -0.2) is 17.0 Å². The second-order valence-electron chi connectivity index (χ2n) is 3.48. The Labute approximate surface area is 89.8 Å². The van der Waals surface area contributed by atoms with Gasteiger partial charge in [0.25, 0.3) is 0 Å². The molecule has 0 saturated heterocycles. The Hall–Kier alpha value is -1.62. The van der Waals surface area contributed by atoms with E-state index in [4.69, 9.17) is 5.84 Å². The number of nitrogens with zero attached hydrogens (tertiary/aromatic N) is 2. The van der Waals surface area contributed by atoms with Crippen LogP contribution in [0.5, 0.6) is 0 Å². The van der Waals surface area contributed by atoms with Gasteiger partial charge in [0.1, 0.15) is 0 Å². The average molecular weight is 207 g/mol. The maximum atomic E-state index is 5.36. The van der Waals surface area contributed by atoms with Crippen LogP contribution in [0.1, 0.15) is 19.5 Å². The lowest BCUT2D eigenvalue weighted by molar-refractivity contribution is 0.818. The molecule has 0 amide bonds. The van der Waals surface area contributed by atoms with Crippen molar-refractivity contribution in [2.24, 2.45) is 10.8 Å². The maximum Gasteiger partial charge on any atom is 0.210 e. The zero-order valence-corrected chi connectivity index (χ0v) is 9.28. The largest absolute Gasteiger partial charge is 0.324 e. The van der Waals surface area contributed by atoms with Crippen molar-refractivity contribution in [3.8, 4) is 0 Å². The molecule has 0 radical (unpaired) electrons. The zero-order chi connectivity index (χ0) is 11.3. The summed E-state index contributed by atoms with van der Waals surface area (Å²) in [5.41, 5.74) is 4.32. The molecule has 0 fully saturated rings. The highest BCUT2D eigenvalue weighted by Gasteiger charge is 2.01. The van der Waals surface area contributed by atoms with Gasteiger partial charge in [-0.2, -0.15) is 0 Å². The summed E-state index contributed by atoms with van der Waals surface area (Å²) in [7, 11) is 0. The summed E-state index contributed by atoms with van der Waals surface area (Å²) in [6.07, 6.45) is 1.75. The number of aromatic nitrogens is 1. The fourth-order valence-electron chi connectivity index (χ4n) is 1.11. The van der Waals surface area contributed by atoms with Gasteiger partial charge in [-0.15, -0.1) is 0 Å². The van der Waals surface area contributed by atoms with E-state index < -0.39 is 0 Å². The number of hydrazine groups is 1. The fourth-order valence-corrected chi connectivity index (χ4v) is 1.11. The fraction of sp³-hybridized carbons (Fsp3) is 0.400. The summed E-state index contributed by atoms with van der Waals surface area (Å²) in [5, 5.41) is 3.08. The van der Waals surface area contributed by atoms with E-state index in [1.807, 2.05) is 32.9 Å². The molecule has 0 unspecified atom stereocenters. The van der Waals surface area contributed by atoms with Crippen LogP contribution in [0.25, 0.3) is 0 Å². The molecular formula is C10H17N5. The van der Waals surface area contributed by atoms with E-state index in [2.05, 4.69) is 20.7 Å². The van der Waals surface area contributed by atoms with Gasteiger partial charge in [0, 0.05) is 12.2 Å². The summed E-state index contributed by atoms with van der Waals surface area (Å²) in [5.74, 6) is 5.90. The van der Waals surface area contributed by atoms with Crippen LogP contribution in [-0.2, 0) is 0 Å². The lowest BCUT2D eigenvalue weighted by atomic mass is 10.3. The number of hydrogen-bond acceptors (Lipinski definition) is 3. The van der Waals surface area contributed by atoms with Crippen molar-refractivity contribution in [3.63, 3.8) is 0 Å². The first kappa shape index (κ1) is 11.5. The Balaban J connectivity index is 2.80. The normalized spacial score (nSPS) is 11.7. The SMILES string of the molecule is Cc1ncccc1NC(=NC(C)C)NN. The maximum absolute atomic E-state index is 5.36. The molecular weight excluding hydrogens is 190 g/mol. The van der Waals surface area contributed by atoms with Gasteiger partial charge in [-0.3, -0.25) is 10.4 Å². The Bertz CT molecular complexity index is 345. The molecule has 0 bridgehead atoms. The van der Waals surface area contributed by atoms with E-state index in [-0.39, 0.29) is 6.04 Å². The summed E-state index contributed by atoms with van der Waals surface area (Å²) < 4.78 is 0. The first-order valence-electron chi connectivity index (χ1n) is 4.86. The number of aliphatic imine (C=N–C) groups is 1. The highest BCUT2D eigenvalue weighted by atomic mass is 15.3. The molecule has 4 N–H and O–H groups in total. The summed E-state index contributed by atoms with van der Waals surface area (Å²) >= 11 is 0. The van der Waals surface area contributed by atoms with Crippen LogP contribution in [0.3, 0.4) is 0 Å². The second-order valence-corrected chi connectivity index (χ2v) is 3.48. The molecule has 0 aliphatic rings.